The van der Waals surface area contributed by atoms with Crippen molar-refractivity contribution in [2.24, 2.45) is 0 Å². The average molecular weight is 230 g/mol. The molecule has 0 atom stereocenters. The molecule has 0 aliphatic rings. The molecular formula is C15H18S. The monoisotopic (exact) mass is 230 g/mol. The summed E-state index contributed by atoms with van der Waals surface area (Å²) in [6.45, 7) is 2.24. The van der Waals surface area contributed by atoms with Gasteiger partial charge in [-0.2, -0.15) is 0 Å². The highest BCUT2D eigenvalue weighted by Gasteiger charge is 1.85. The lowest BCUT2D eigenvalue weighted by molar-refractivity contribution is 0.641. The highest BCUT2D eigenvalue weighted by atomic mass is 32.1. The van der Waals surface area contributed by atoms with E-state index in [1.165, 1.54) is 32.1 Å². The Hall–Kier alpha value is -1.18. The summed E-state index contributed by atoms with van der Waals surface area (Å²) in [6.07, 6.45) is 7.51. The number of thiophene rings is 1. The lowest BCUT2D eigenvalue weighted by atomic mass is 10.1. The molecule has 0 saturated carbocycles. The summed E-state index contributed by atoms with van der Waals surface area (Å²) >= 11 is 1.66. The summed E-state index contributed by atoms with van der Waals surface area (Å²) in [5, 5.41) is 2.03. The predicted molar refractivity (Wildman–Crippen MR) is 72.3 cm³/mol. The van der Waals surface area contributed by atoms with Gasteiger partial charge in [0, 0.05) is 6.42 Å². The molecule has 1 heteroatoms. The van der Waals surface area contributed by atoms with Gasteiger partial charge in [-0.3, -0.25) is 0 Å². The molecule has 0 fully saturated rings. The smallest absolute Gasteiger partial charge is 0.0778 e. The molecule has 0 amide bonds. The van der Waals surface area contributed by atoms with Crippen molar-refractivity contribution in [3.8, 4) is 23.7 Å². The molecule has 84 valence electrons. The van der Waals surface area contributed by atoms with E-state index in [2.05, 4.69) is 30.6 Å². The third kappa shape index (κ3) is 6.33. The van der Waals surface area contributed by atoms with Crippen LogP contribution >= 0.6 is 11.3 Å². The zero-order valence-electron chi connectivity index (χ0n) is 9.88. The molecule has 1 aromatic heterocycles. The van der Waals surface area contributed by atoms with E-state index in [4.69, 9.17) is 0 Å². The van der Waals surface area contributed by atoms with Crippen molar-refractivity contribution in [3.63, 3.8) is 0 Å². The van der Waals surface area contributed by atoms with Gasteiger partial charge in [-0.05, 0) is 35.6 Å². The second-order valence-electron chi connectivity index (χ2n) is 3.69. The van der Waals surface area contributed by atoms with Crippen LogP contribution < -0.4 is 0 Å². The molecule has 0 N–H and O–H groups in total. The minimum absolute atomic E-state index is 0.989. The second-order valence-corrected chi connectivity index (χ2v) is 4.64. The van der Waals surface area contributed by atoms with E-state index >= 15 is 0 Å². The van der Waals surface area contributed by atoms with Gasteiger partial charge >= 0.3 is 0 Å². The van der Waals surface area contributed by atoms with Gasteiger partial charge < -0.3 is 0 Å². The van der Waals surface area contributed by atoms with Crippen molar-refractivity contribution in [2.45, 2.75) is 45.4 Å². The lowest BCUT2D eigenvalue weighted by Gasteiger charge is -1.93. The van der Waals surface area contributed by atoms with Crippen LogP contribution in [0.15, 0.2) is 17.5 Å². The maximum Gasteiger partial charge on any atom is 0.0778 e. The zero-order chi connectivity index (χ0) is 11.5. The third-order valence-electron chi connectivity index (χ3n) is 2.26. The van der Waals surface area contributed by atoms with E-state index in [0.29, 0.717) is 0 Å². The first-order valence-electron chi connectivity index (χ1n) is 5.96. The Labute approximate surface area is 103 Å². The van der Waals surface area contributed by atoms with Gasteiger partial charge in [0.2, 0.25) is 0 Å². The quantitative estimate of drug-likeness (QED) is 0.517. The molecule has 0 aliphatic carbocycles. The molecule has 16 heavy (non-hydrogen) atoms. The third-order valence-corrected chi connectivity index (χ3v) is 3.05. The summed E-state index contributed by atoms with van der Waals surface area (Å²) in [4.78, 5) is 1.09. The van der Waals surface area contributed by atoms with Crippen LogP contribution in [-0.2, 0) is 0 Å². The molecule has 0 unspecified atom stereocenters. The molecule has 0 nitrogen and oxygen atoms in total. The standard InChI is InChI=1S/C15H18S/c1-2-3-4-5-6-7-8-9-10-12-15-13-11-14-16-15/h11,13-14H,2-7H2,1H3. The van der Waals surface area contributed by atoms with Crippen LogP contribution in [0, 0.1) is 23.7 Å². The summed E-state index contributed by atoms with van der Waals surface area (Å²) < 4.78 is 0. The largest absolute Gasteiger partial charge is 0.135 e. The Morgan fingerprint density at radius 1 is 1.12 bits per heavy atom. The van der Waals surface area contributed by atoms with Crippen molar-refractivity contribution < 1.29 is 0 Å². The van der Waals surface area contributed by atoms with Crippen molar-refractivity contribution in [1.82, 2.24) is 0 Å². The maximum absolute atomic E-state index is 3.11. The Balaban J connectivity index is 2.09. The first-order valence-corrected chi connectivity index (χ1v) is 6.84. The van der Waals surface area contributed by atoms with E-state index in [-0.39, 0.29) is 0 Å². The maximum atomic E-state index is 3.11. The summed E-state index contributed by atoms with van der Waals surface area (Å²) in [7, 11) is 0. The van der Waals surface area contributed by atoms with Crippen molar-refractivity contribution in [1.29, 1.82) is 0 Å². The first-order chi connectivity index (χ1) is 7.93. The van der Waals surface area contributed by atoms with Crippen LogP contribution in [0.4, 0.5) is 0 Å². The average Bonchev–Trinajstić information content (AvgIpc) is 2.80. The van der Waals surface area contributed by atoms with E-state index in [0.717, 1.165) is 11.3 Å². The van der Waals surface area contributed by atoms with Gasteiger partial charge in [0.15, 0.2) is 0 Å². The Kier molecular flexibility index (Phi) is 7.31. The van der Waals surface area contributed by atoms with E-state index < -0.39 is 0 Å². The molecule has 1 rings (SSSR count). The second kappa shape index (κ2) is 9.08. The fourth-order valence-corrected chi connectivity index (χ4v) is 1.94. The summed E-state index contributed by atoms with van der Waals surface area (Å²) in [5.41, 5.74) is 0. The van der Waals surface area contributed by atoms with Gasteiger partial charge in [0.1, 0.15) is 0 Å². The van der Waals surface area contributed by atoms with Crippen LogP contribution in [0.1, 0.15) is 50.3 Å². The molecule has 0 bridgehead atoms. The fraction of sp³-hybridized carbons (Fsp3) is 0.467. The van der Waals surface area contributed by atoms with Crippen molar-refractivity contribution in [2.75, 3.05) is 0 Å². The molecule has 0 aliphatic heterocycles. The van der Waals surface area contributed by atoms with Crippen molar-refractivity contribution >= 4 is 11.3 Å². The van der Waals surface area contributed by atoms with Gasteiger partial charge in [-0.1, -0.05) is 44.6 Å². The lowest BCUT2D eigenvalue weighted by Crippen LogP contribution is -1.75. The molecule has 0 radical (unpaired) electrons. The van der Waals surface area contributed by atoms with E-state index in [1.54, 1.807) is 11.3 Å². The normalized spacial score (nSPS) is 8.81. The highest BCUT2D eigenvalue weighted by molar-refractivity contribution is 7.10. The SMILES string of the molecule is CCCCCCCC#CC#Cc1cccs1. The van der Waals surface area contributed by atoms with Gasteiger partial charge in [-0.25, -0.2) is 0 Å². The van der Waals surface area contributed by atoms with Crippen LogP contribution in [0.25, 0.3) is 0 Å². The number of unbranched alkanes of at least 4 members (excludes halogenated alkanes) is 5. The summed E-state index contributed by atoms with van der Waals surface area (Å²) in [5.74, 6) is 11.9. The Morgan fingerprint density at radius 2 is 2.00 bits per heavy atom. The van der Waals surface area contributed by atoms with Crippen LogP contribution in [-0.4, -0.2) is 0 Å². The number of hydrogen-bond donors (Lipinski definition) is 0. The Morgan fingerprint density at radius 3 is 2.75 bits per heavy atom. The number of hydrogen-bond acceptors (Lipinski definition) is 1. The zero-order valence-corrected chi connectivity index (χ0v) is 10.7. The molecule has 1 aromatic rings. The van der Waals surface area contributed by atoms with Crippen LogP contribution in [0.2, 0.25) is 0 Å². The molecule has 1 heterocycles. The Bertz CT molecular complexity index is 379. The van der Waals surface area contributed by atoms with Crippen LogP contribution in [0.3, 0.4) is 0 Å². The highest BCUT2D eigenvalue weighted by Crippen LogP contribution is 2.05. The van der Waals surface area contributed by atoms with Gasteiger partial charge in [-0.15, -0.1) is 11.3 Å². The molecular weight excluding hydrogens is 212 g/mol. The van der Waals surface area contributed by atoms with E-state index in [9.17, 15) is 0 Å². The molecule has 0 saturated heterocycles. The van der Waals surface area contributed by atoms with Crippen LogP contribution in [0.5, 0.6) is 0 Å². The summed E-state index contributed by atoms with van der Waals surface area (Å²) in [6, 6.07) is 4.03. The molecule has 0 aromatic carbocycles. The minimum Gasteiger partial charge on any atom is -0.135 e. The molecule has 0 spiro atoms. The van der Waals surface area contributed by atoms with Gasteiger partial charge in [0.25, 0.3) is 0 Å². The first kappa shape index (κ1) is 12.9. The number of rotatable bonds is 5. The van der Waals surface area contributed by atoms with Crippen molar-refractivity contribution in [3.05, 3.63) is 22.4 Å². The predicted octanol–water partition coefficient (Wildman–Crippen LogP) is 4.46. The van der Waals surface area contributed by atoms with Gasteiger partial charge in [0.05, 0.1) is 4.88 Å². The minimum atomic E-state index is 0.989. The fourth-order valence-electron chi connectivity index (χ4n) is 1.37. The topological polar surface area (TPSA) is 0 Å². The van der Waals surface area contributed by atoms with E-state index in [1.807, 2.05) is 17.5 Å².